The first-order valence-corrected chi connectivity index (χ1v) is 10.5. The molecule has 1 saturated heterocycles. The zero-order valence-electron chi connectivity index (χ0n) is 16.6. The van der Waals surface area contributed by atoms with Crippen molar-refractivity contribution in [3.63, 3.8) is 0 Å². The standard InChI is InChI=1S/C21H27ClFN3O3/c1-20(23)4-6-21(28,7-5-20)13-25-19(27)15-11-26(10-14-3-9-29-12-14)18-17(15)16(22)2-8-24-18/h2,8,11,14,28H,3-7,9-10,12-13H2,1H3,(H,25,27). The number of fused-ring (bicyclic) bond motifs is 1. The van der Waals surface area contributed by atoms with Gasteiger partial charge in [-0.1, -0.05) is 11.6 Å². The number of amides is 1. The van der Waals surface area contributed by atoms with Crippen LogP contribution in [0.15, 0.2) is 18.5 Å². The van der Waals surface area contributed by atoms with Crippen molar-refractivity contribution in [2.45, 2.75) is 56.8 Å². The van der Waals surface area contributed by atoms with E-state index in [4.69, 9.17) is 16.3 Å². The normalized spacial score (nSPS) is 30.0. The summed E-state index contributed by atoms with van der Waals surface area (Å²) in [6, 6.07) is 1.67. The Morgan fingerprint density at radius 2 is 2.21 bits per heavy atom. The Morgan fingerprint density at radius 1 is 1.45 bits per heavy atom. The zero-order chi connectivity index (χ0) is 20.6. The predicted molar refractivity (Wildman–Crippen MR) is 109 cm³/mol. The second-order valence-electron chi connectivity index (χ2n) is 8.74. The third-order valence-electron chi connectivity index (χ3n) is 6.23. The summed E-state index contributed by atoms with van der Waals surface area (Å²) in [5, 5.41) is 14.6. The van der Waals surface area contributed by atoms with Crippen molar-refractivity contribution in [1.29, 1.82) is 0 Å². The summed E-state index contributed by atoms with van der Waals surface area (Å²) in [6.45, 7) is 3.80. The van der Waals surface area contributed by atoms with Gasteiger partial charge in [-0.3, -0.25) is 4.79 Å². The topological polar surface area (TPSA) is 76.4 Å². The van der Waals surface area contributed by atoms with Crippen molar-refractivity contribution in [2.24, 2.45) is 5.92 Å². The molecule has 3 heterocycles. The van der Waals surface area contributed by atoms with E-state index in [1.807, 2.05) is 4.57 Å². The predicted octanol–water partition coefficient (Wildman–Crippen LogP) is 3.49. The van der Waals surface area contributed by atoms with E-state index in [2.05, 4.69) is 10.3 Å². The Morgan fingerprint density at radius 3 is 2.90 bits per heavy atom. The number of ether oxygens (including phenoxy) is 1. The number of alkyl halides is 1. The van der Waals surface area contributed by atoms with Gasteiger partial charge in [-0.15, -0.1) is 0 Å². The van der Waals surface area contributed by atoms with Crippen molar-refractivity contribution in [2.75, 3.05) is 19.8 Å². The highest BCUT2D eigenvalue weighted by Crippen LogP contribution is 2.37. The van der Waals surface area contributed by atoms with Crippen molar-refractivity contribution in [1.82, 2.24) is 14.9 Å². The molecule has 2 aliphatic rings. The molecule has 1 aliphatic heterocycles. The van der Waals surface area contributed by atoms with E-state index in [9.17, 15) is 14.3 Å². The van der Waals surface area contributed by atoms with Crippen LogP contribution in [0.2, 0.25) is 5.02 Å². The zero-order valence-corrected chi connectivity index (χ0v) is 17.3. The second kappa shape index (κ2) is 7.85. The van der Waals surface area contributed by atoms with Crippen LogP contribution in [-0.4, -0.2) is 51.6 Å². The first-order valence-electron chi connectivity index (χ1n) is 10.2. The molecule has 0 spiro atoms. The molecule has 1 saturated carbocycles. The van der Waals surface area contributed by atoms with E-state index in [1.165, 1.54) is 0 Å². The fourth-order valence-corrected chi connectivity index (χ4v) is 4.49. The van der Waals surface area contributed by atoms with Crippen molar-refractivity contribution >= 4 is 28.5 Å². The maximum Gasteiger partial charge on any atom is 0.253 e. The molecule has 4 rings (SSSR count). The Kier molecular flexibility index (Phi) is 5.57. The molecular weight excluding hydrogens is 397 g/mol. The minimum atomic E-state index is -1.24. The number of carbonyl (C=O) groups excluding carboxylic acids is 1. The number of nitrogens with one attached hydrogen (secondary N) is 1. The molecule has 1 atom stereocenters. The fourth-order valence-electron chi connectivity index (χ4n) is 4.25. The van der Waals surface area contributed by atoms with Crippen LogP contribution in [0.4, 0.5) is 4.39 Å². The lowest BCUT2D eigenvalue weighted by molar-refractivity contribution is -0.0374. The summed E-state index contributed by atoms with van der Waals surface area (Å²) in [5.74, 6) is 0.0635. The van der Waals surface area contributed by atoms with Gasteiger partial charge in [0.25, 0.3) is 5.91 Å². The summed E-state index contributed by atoms with van der Waals surface area (Å²) in [7, 11) is 0. The first-order chi connectivity index (χ1) is 13.8. The molecule has 0 radical (unpaired) electrons. The fraction of sp³-hybridized carbons (Fsp3) is 0.619. The van der Waals surface area contributed by atoms with Gasteiger partial charge in [-0.2, -0.15) is 0 Å². The molecule has 2 fully saturated rings. The van der Waals surface area contributed by atoms with Crippen molar-refractivity contribution < 1.29 is 19.0 Å². The van der Waals surface area contributed by atoms with Gasteiger partial charge in [-0.05, 0) is 45.1 Å². The van der Waals surface area contributed by atoms with Crippen LogP contribution in [0, 0.1) is 5.92 Å². The van der Waals surface area contributed by atoms with Gasteiger partial charge in [-0.25, -0.2) is 9.37 Å². The summed E-state index contributed by atoms with van der Waals surface area (Å²) in [4.78, 5) is 17.4. The summed E-state index contributed by atoms with van der Waals surface area (Å²) >= 11 is 6.39. The van der Waals surface area contributed by atoms with Gasteiger partial charge >= 0.3 is 0 Å². The van der Waals surface area contributed by atoms with Gasteiger partial charge in [0.2, 0.25) is 0 Å². The molecule has 0 bridgehead atoms. The SMILES string of the molecule is CC1(F)CCC(O)(CNC(=O)c2cn(CC3CCOC3)c3nccc(Cl)c23)CC1. The monoisotopic (exact) mass is 423 g/mol. The van der Waals surface area contributed by atoms with Gasteiger partial charge in [0.15, 0.2) is 0 Å². The number of carbonyl (C=O) groups is 1. The summed E-state index contributed by atoms with van der Waals surface area (Å²) in [5.41, 5.74) is -1.22. The first kappa shape index (κ1) is 20.6. The van der Waals surface area contributed by atoms with E-state index in [-0.39, 0.29) is 25.3 Å². The van der Waals surface area contributed by atoms with Gasteiger partial charge < -0.3 is 19.7 Å². The largest absolute Gasteiger partial charge is 0.388 e. The molecule has 1 unspecified atom stereocenters. The second-order valence-corrected chi connectivity index (χ2v) is 9.14. The smallest absolute Gasteiger partial charge is 0.253 e. The van der Waals surface area contributed by atoms with E-state index in [1.54, 1.807) is 25.4 Å². The molecule has 158 valence electrons. The van der Waals surface area contributed by atoms with Crippen molar-refractivity contribution in [3.05, 3.63) is 29.0 Å². The molecule has 8 heteroatoms. The lowest BCUT2D eigenvalue weighted by atomic mass is 9.78. The maximum absolute atomic E-state index is 14.0. The number of hydrogen-bond donors (Lipinski definition) is 2. The molecular formula is C21H27ClFN3O3. The van der Waals surface area contributed by atoms with Crippen LogP contribution in [0.3, 0.4) is 0 Å². The molecule has 2 aromatic heterocycles. The number of halogens is 2. The minimum Gasteiger partial charge on any atom is -0.388 e. The lowest BCUT2D eigenvalue weighted by Crippen LogP contribution is -2.47. The average molecular weight is 424 g/mol. The van der Waals surface area contributed by atoms with Crippen LogP contribution in [0.5, 0.6) is 0 Å². The van der Waals surface area contributed by atoms with Gasteiger partial charge in [0.1, 0.15) is 11.3 Å². The Hall–Kier alpha value is -1.70. The van der Waals surface area contributed by atoms with E-state index < -0.39 is 11.3 Å². The number of aliphatic hydroxyl groups is 1. The number of nitrogens with zero attached hydrogens (tertiary/aromatic N) is 2. The van der Waals surface area contributed by atoms with Crippen LogP contribution < -0.4 is 5.32 Å². The molecule has 2 N–H and O–H groups in total. The molecule has 1 aliphatic carbocycles. The summed E-state index contributed by atoms with van der Waals surface area (Å²) < 4.78 is 21.5. The Bertz CT molecular complexity index is 898. The van der Waals surface area contributed by atoms with E-state index in [0.29, 0.717) is 53.5 Å². The maximum atomic E-state index is 14.0. The number of pyridine rings is 1. The highest BCUT2D eigenvalue weighted by atomic mass is 35.5. The molecule has 0 aromatic carbocycles. The lowest BCUT2D eigenvalue weighted by Gasteiger charge is -2.37. The average Bonchev–Trinajstić information content (AvgIpc) is 3.32. The highest BCUT2D eigenvalue weighted by molar-refractivity contribution is 6.36. The third-order valence-corrected chi connectivity index (χ3v) is 6.55. The summed E-state index contributed by atoms with van der Waals surface area (Å²) in [6.07, 6.45) is 5.61. The highest BCUT2D eigenvalue weighted by Gasteiger charge is 2.39. The molecule has 2 aromatic rings. The van der Waals surface area contributed by atoms with Crippen LogP contribution in [-0.2, 0) is 11.3 Å². The molecule has 29 heavy (non-hydrogen) atoms. The number of hydrogen-bond acceptors (Lipinski definition) is 4. The van der Waals surface area contributed by atoms with Crippen LogP contribution in [0.1, 0.15) is 49.4 Å². The van der Waals surface area contributed by atoms with Crippen molar-refractivity contribution in [3.8, 4) is 0 Å². The van der Waals surface area contributed by atoms with Gasteiger partial charge in [0, 0.05) is 38.0 Å². The number of aromatic nitrogens is 2. The van der Waals surface area contributed by atoms with E-state index in [0.717, 1.165) is 13.0 Å². The van der Waals surface area contributed by atoms with Crippen LogP contribution >= 0.6 is 11.6 Å². The Balaban J connectivity index is 1.52. The third kappa shape index (κ3) is 4.42. The van der Waals surface area contributed by atoms with Gasteiger partial charge in [0.05, 0.1) is 28.2 Å². The van der Waals surface area contributed by atoms with E-state index >= 15 is 0 Å². The number of rotatable bonds is 5. The minimum absolute atomic E-state index is 0.0862. The molecule has 6 nitrogen and oxygen atoms in total. The Labute approximate surface area is 174 Å². The quantitative estimate of drug-likeness (QED) is 0.771. The molecule has 1 amide bonds. The van der Waals surface area contributed by atoms with Crippen LogP contribution in [0.25, 0.3) is 11.0 Å².